The maximum absolute atomic E-state index is 14.0. The van der Waals surface area contributed by atoms with Gasteiger partial charge in [-0.3, -0.25) is 4.79 Å². The van der Waals surface area contributed by atoms with Gasteiger partial charge in [0.15, 0.2) is 11.5 Å². The molecule has 0 radical (unpaired) electrons. The van der Waals surface area contributed by atoms with Crippen molar-refractivity contribution < 1.29 is 28.2 Å². The number of carbonyl (C=O) groups excluding carboxylic acids is 2. The minimum Gasteiger partial charge on any atom is -0.493 e. The van der Waals surface area contributed by atoms with Crippen LogP contribution in [0.25, 0.3) is 6.08 Å². The molecule has 0 fully saturated rings. The van der Waals surface area contributed by atoms with Crippen LogP contribution in [0.4, 0.5) is 9.39 Å². The van der Waals surface area contributed by atoms with Gasteiger partial charge in [0.1, 0.15) is 29.1 Å². The molecular weight excluding hydrogens is 587 g/mol. The van der Waals surface area contributed by atoms with Crippen molar-refractivity contribution in [1.29, 1.82) is 5.26 Å². The van der Waals surface area contributed by atoms with Crippen molar-refractivity contribution in [2.45, 2.75) is 39.2 Å². The van der Waals surface area contributed by atoms with Crippen molar-refractivity contribution >= 4 is 50.2 Å². The van der Waals surface area contributed by atoms with Crippen LogP contribution in [0, 0.1) is 17.1 Å². The van der Waals surface area contributed by atoms with Crippen molar-refractivity contribution in [2.24, 2.45) is 0 Å². The summed E-state index contributed by atoms with van der Waals surface area (Å²) < 4.78 is 31.0. The van der Waals surface area contributed by atoms with Crippen LogP contribution in [0.2, 0.25) is 0 Å². The first-order chi connectivity index (χ1) is 18.9. The minimum atomic E-state index is -0.642. The summed E-state index contributed by atoms with van der Waals surface area (Å²) in [5.74, 6) is -0.815. The van der Waals surface area contributed by atoms with E-state index in [2.05, 4.69) is 21.2 Å². The Bertz CT molecular complexity index is 1480. The predicted octanol–water partition coefficient (Wildman–Crippen LogP) is 6.84. The van der Waals surface area contributed by atoms with E-state index in [-0.39, 0.29) is 24.6 Å². The Balaban J connectivity index is 1.58. The Kier molecular flexibility index (Phi) is 9.38. The highest BCUT2D eigenvalue weighted by molar-refractivity contribution is 9.10. The van der Waals surface area contributed by atoms with E-state index < -0.39 is 11.9 Å². The molecule has 7 nitrogen and oxygen atoms in total. The quantitative estimate of drug-likeness (QED) is 0.161. The molecule has 0 bridgehead atoms. The molecule has 0 aliphatic heterocycles. The summed E-state index contributed by atoms with van der Waals surface area (Å²) in [5.41, 5.74) is 2.02. The van der Waals surface area contributed by atoms with Gasteiger partial charge < -0.3 is 19.5 Å². The second-order valence-corrected chi connectivity index (χ2v) is 10.6. The molecule has 4 rings (SSSR count). The van der Waals surface area contributed by atoms with Crippen molar-refractivity contribution in [2.75, 3.05) is 19.0 Å². The number of hydrogen-bond acceptors (Lipinski definition) is 7. The Morgan fingerprint density at radius 1 is 1.23 bits per heavy atom. The van der Waals surface area contributed by atoms with E-state index in [1.165, 1.54) is 30.6 Å². The number of halogens is 2. The molecule has 0 saturated heterocycles. The Morgan fingerprint density at radius 3 is 2.72 bits per heavy atom. The monoisotopic (exact) mass is 612 g/mol. The first kappa shape index (κ1) is 28.3. The first-order valence-corrected chi connectivity index (χ1v) is 14.0. The lowest BCUT2D eigenvalue weighted by Crippen LogP contribution is -2.16. The maximum Gasteiger partial charge on any atom is 0.341 e. The Labute approximate surface area is 238 Å². The number of fused-ring (bicyclic) bond motifs is 1. The van der Waals surface area contributed by atoms with E-state index in [0.29, 0.717) is 37.7 Å². The van der Waals surface area contributed by atoms with E-state index in [4.69, 9.17) is 14.2 Å². The number of ether oxygens (including phenoxy) is 3. The fourth-order valence-corrected chi connectivity index (χ4v) is 6.13. The molecule has 0 atom stereocenters. The number of esters is 1. The normalized spacial score (nSPS) is 12.7. The van der Waals surface area contributed by atoms with Gasteiger partial charge in [-0.1, -0.05) is 18.2 Å². The third-order valence-corrected chi connectivity index (χ3v) is 7.93. The van der Waals surface area contributed by atoms with Gasteiger partial charge >= 0.3 is 5.97 Å². The zero-order valence-electron chi connectivity index (χ0n) is 21.4. The number of carbonyl (C=O) groups is 2. The number of amides is 1. The average Bonchev–Trinajstić information content (AvgIpc) is 3.29. The summed E-state index contributed by atoms with van der Waals surface area (Å²) in [6.45, 7) is 1.93. The van der Waals surface area contributed by atoms with E-state index in [0.717, 1.165) is 36.1 Å². The minimum absolute atomic E-state index is 0.0176. The zero-order chi connectivity index (χ0) is 27.9. The molecule has 1 heterocycles. The summed E-state index contributed by atoms with van der Waals surface area (Å²) in [6.07, 6.45) is 4.98. The number of hydrogen-bond donors (Lipinski definition) is 1. The van der Waals surface area contributed by atoms with E-state index in [1.807, 2.05) is 6.07 Å². The van der Waals surface area contributed by atoms with Crippen molar-refractivity contribution in [3.05, 3.63) is 79.4 Å². The third-order valence-electron chi connectivity index (χ3n) is 6.14. The van der Waals surface area contributed by atoms with Gasteiger partial charge in [0.2, 0.25) is 0 Å². The summed E-state index contributed by atoms with van der Waals surface area (Å²) in [5, 5.41) is 12.9. The molecule has 10 heteroatoms. The van der Waals surface area contributed by atoms with Crippen LogP contribution >= 0.6 is 27.3 Å². The van der Waals surface area contributed by atoms with Crippen LogP contribution in [0.1, 0.15) is 51.7 Å². The van der Waals surface area contributed by atoms with Crippen LogP contribution in [0.3, 0.4) is 0 Å². The summed E-state index contributed by atoms with van der Waals surface area (Å²) in [7, 11) is 1.46. The molecule has 3 aromatic rings. The largest absolute Gasteiger partial charge is 0.493 e. The highest BCUT2D eigenvalue weighted by atomic mass is 79.9. The molecule has 39 heavy (non-hydrogen) atoms. The van der Waals surface area contributed by atoms with Crippen LogP contribution in [0.15, 0.2) is 46.4 Å². The number of nitrogens with zero attached hydrogens (tertiary/aromatic N) is 1. The molecule has 0 saturated carbocycles. The molecule has 202 valence electrons. The van der Waals surface area contributed by atoms with E-state index >= 15 is 0 Å². The number of thiophene rings is 1. The molecular formula is C29H26BrFN2O5S. The summed E-state index contributed by atoms with van der Waals surface area (Å²) in [6, 6.07) is 11.5. The van der Waals surface area contributed by atoms with Gasteiger partial charge in [-0.25, -0.2) is 9.18 Å². The second kappa shape index (κ2) is 12.9. The highest BCUT2D eigenvalue weighted by Crippen LogP contribution is 2.40. The van der Waals surface area contributed by atoms with Crippen molar-refractivity contribution in [3.8, 4) is 17.6 Å². The third kappa shape index (κ3) is 6.49. The molecule has 2 aromatic carbocycles. The van der Waals surface area contributed by atoms with Crippen molar-refractivity contribution in [3.63, 3.8) is 0 Å². The number of aryl methyl sites for hydroxylation is 1. The van der Waals surface area contributed by atoms with Gasteiger partial charge in [0, 0.05) is 10.4 Å². The number of methoxy groups -OCH3 is 1. The lowest BCUT2D eigenvalue weighted by atomic mass is 9.95. The first-order valence-electron chi connectivity index (χ1n) is 12.3. The van der Waals surface area contributed by atoms with E-state index in [1.54, 1.807) is 37.3 Å². The number of anilines is 1. The molecule has 1 aliphatic carbocycles. The summed E-state index contributed by atoms with van der Waals surface area (Å²) >= 11 is 4.80. The van der Waals surface area contributed by atoms with Crippen LogP contribution in [-0.4, -0.2) is 25.6 Å². The fraction of sp³-hybridized carbons (Fsp3) is 0.276. The molecule has 1 aromatic heterocycles. The topological polar surface area (TPSA) is 97.7 Å². The molecule has 1 amide bonds. The maximum atomic E-state index is 14.0. The zero-order valence-corrected chi connectivity index (χ0v) is 23.8. The lowest BCUT2D eigenvalue weighted by Gasteiger charge is -2.14. The number of rotatable bonds is 9. The van der Waals surface area contributed by atoms with Gasteiger partial charge in [0.05, 0.1) is 23.8 Å². The molecule has 1 aliphatic rings. The Hall–Kier alpha value is -3.68. The number of benzene rings is 2. The van der Waals surface area contributed by atoms with Gasteiger partial charge in [-0.05, 0) is 83.9 Å². The van der Waals surface area contributed by atoms with Gasteiger partial charge in [-0.2, -0.15) is 5.26 Å². The van der Waals surface area contributed by atoms with Crippen LogP contribution in [-0.2, 0) is 29.0 Å². The van der Waals surface area contributed by atoms with Crippen LogP contribution < -0.4 is 14.8 Å². The highest BCUT2D eigenvalue weighted by Gasteiger charge is 2.28. The number of nitrogens with one attached hydrogen (secondary N) is 1. The smallest absolute Gasteiger partial charge is 0.341 e. The van der Waals surface area contributed by atoms with Gasteiger partial charge in [-0.15, -0.1) is 11.3 Å². The molecule has 1 N–H and O–H groups in total. The van der Waals surface area contributed by atoms with Crippen LogP contribution in [0.5, 0.6) is 11.5 Å². The van der Waals surface area contributed by atoms with Crippen molar-refractivity contribution in [1.82, 2.24) is 0 Å². The summed E-state index contributed by atoms with van der Waals surface area (Å²) in [4.78, 5) is 26.9. The Morgan fingerprint density at radius 2 is 2.00 bits per heavy atom. The van der Waals surface area contributed by atoms with Gasteiger partial charge in [0.25, 0.3) is 5.91 Å². The second-order valence-electron chi connectivity index (χ2n) is 8.67. The standard InChI is InChI=1S/C29H26BrFN2O5S/c1-3-37-29(35)25-20-9-5-7-11-24(20)39-28(25)33-27(34)19(15-32)12-17-13-21(30)26(23(14-17)36-2)38-16-18-8-4-6-10-22(18)31/h4,6,8,10,12-14H,3,5,7,9,11,16H2,1-2H3,(H,33,34). The van der Waals surface area contributed by atoms with E-state index in [9.17, 15) is 19.2 Å². The average molecular weight is 614 g/mol. The lowest BCUT2D eigenvalue weighted by molar-refractivity contribution is -0.112. The molecule has 0 unspecified atom stereocenters. The molecule has 0 spiro atoms. The predicted molar refractivity (Wildman–Crippen MR) is 151 cm³/mol. The SMILES string of the molecule is CCOC(=O)c1c(NC(=O)C(C#N)=Cc2cc(Br)c(OCc3ccccc3F)c(OC)c2)sc2c1CCCC2. The number of nitriles is 1. The fourth-order valence-electron chi connectivity index (χ4n) is 4.29.